The van der Waals surface area contributed by atoms with Crippen LogP contribution in [-0.4, -0.2) is 18.5 Å². The van der Waals surface area contributed by atoms with E-state index in [-0.39, 0.29) is 24.3 Å². The lowest BCUT2D eigenvalue weighted by Crippen LogP contribution is -2.43. The number of nitrogens with one attached hydrogen (secondary N) is 2. The van der Waals surface area contributed by atoms with Crippen LogP contribution in [-0.2, 0) is 4.79 Å². The van der Waals surface area contributed by atoms with Crippen LogP contribution in [0.3, 0.4) is 0 Å². The molecule has 1 saturated carbocycles. The van der Waals surface area contributed by atoms with Crippen LogP contribution < -0.4 is 10.6 Å². The molecule has 0 radical (unpaired) electrons. The monoisotopic (exact) mass is 278 g/mol. The fraction of sp³-hybridized carbons (Fsp3) is 0.562. The molecule has 2 atom stereocenters. The highest BCUT2D eigenvalue weighted by molar-refractivity contribution is 5.81. The Morgan fingerprint density at radius 1 is 1.35 bits per heavy atom. The summed E-state index contributed by atoms with van der Waals surface area (Å²) in [5, 5.41) is 6.08. The summed E-state index contributed by atoms with van der Waals surface area (Å²) >= 11 is 0. The number of carbonyl (C=O) groups excluding carboxylic acids is 1. The zero-order valence-electron chi connectivity index (χ0n) is 12.2. The predicted octanol–water partition coefficient (Wildman–Crippen LogP) is 3.24. The van der Waals surface area contributed by atoms with Gasteiger partial charge in [0.15, 0.2) is 0 Å². The third kappa shape index (κ3) is 3.95. The number of aryl methyl sites for hydroxylation is 1. The van der Waals surface area contributed by atoms with Crippen LogP contribution in [0.2, 0.25) is 0 Å². The highest BCUT2D eigenvalue weighted by atomic mass is 19.1. The summed E-state index contributed by atoms with van der Waals surface area (Å²) in [6.07, 6.45) is 4.69. The highest BCUT2D eigenvalue weighted by Crippen LogP contribution is 2.23. The second kappa shape index (κ2) is 6.73. The Kier molecular flexibility index (Phi) is 4.99. The second-order valence-electron chi connectivity index (χ2n) is 5.75. The van der Waals surface area contributed by atoms with Crippen LogP contribution in [0.15, 0.2) is 18.2 Å². The van der Waals surface area contributed by atoms with Crippen molar-refractivity contribution in [3.8, 4) is 0 Å². The summed E-state index contributed by atoms with van der Waals surface area (Å²) in [7, 11) is 0. The number of rotatable bonds is 4. The molecule has 3 nitrogen and oxygen atoms in total. The first-order chi connectivity index (χ1) is 9.56. The molecule has 1 amide bonds. The molecule has 1 aromatic carbocycles. The molecular weight excluding hydrogens is 255 g/mol. The Morgan fingerprint density at radius 2 is 2.10 bits per heavy atom. The van der Waals surface area contributed by atoms with Crippen molar-refractivity contribution in [3.63, 3.8) is 0 Å². The van der Waals surface area contributed by atoms with Gasteiger partial charge in [0.05, 0.1) is 6.54 Å². The van der Waals surface area contributed by atoms with E-state index in [1.807, 2.05) is 6.92 Å². The maximum atomic E-state index is 13.2. The molecule has 4 heteroatoms. The van der Waals surface area contributed by atoms with Gasteiger partial charge in [-0.25, -0.2) is 4.39 Å². The Morgan fingerprint density at radius 3 is 2.85 bits per heavy atom. The number of benzene rings is 1. The molecule has 0 saturated heterocycles. The molecular formula is C16H23FN2O. The van der Waals surface area contributed by atoms with Crippen molar-refractivity contribution in [2.75, 3.05) is 11.9 Å². The van der Waals surface area contributed by atoms with E-state index in [4.69, 9.17) is 0 Å². The van der Waals surface area contributed by atoms with Crippen molar-refractivity contribution >= 4 is 11.6 Å². The molecule has 0 heterocycles. The number of hydrogen-bond acceptors (Lipinski definition) is 2. The maximum absolute atomic E-state index is 13.2. The fourth-order valence-electron chi connectivity index (χ4n) is 2.75. The van der Waals surface area contributed by atoms with E-state index in [0.717, 1.165) is 12.0 Å². The smallest absolute Gasteiger partial charge is 0.239 e. The molecule has 110 valence electrons. The van der Waals surface area contributed by atoms with Gasteiger partial charge in [-0.05, 0) is 43.4 Å². The molecule has 0 bridgehead atoms. The standard InChI is InChI=1S/C16H23FN2O/c1-11-5-3-4-6-14(11)19-16(20)10-18-15-9-13(17)8-7-12(15)2/h7-9,11,14,18H,3-6,10H2,1-2H3,(H,19,20). The number of amides is 1. The van der Waals surface area contributed by atoms with Crippen molar-refractivity contribution < 1.29 is 9.18 Å². The zero-order chi connectivity index (χ0) is 14.5. The first kappa shape index (κ1) is 14.8. The average molecular weight is 278 g/mol. The van der Waals surface area contributed by atoms with Gasteiger partial charge in [-0.15, -0.1) is 0 Å². The van der Waals surface area contributed by atoms with E-state index in [9.17, 15) is 9.18 Å². The Bertz CT molecular complexity index is 476. The first-order valence-electron chi connectivity index (χ1n) is 7.35. The summed E-state index contributed by atoms with van der Waals surface area (Å²) < 4.78 is 13.2. The van der Waals surface area contributed by atoms with Crippen LogP contribution in [0.25, 0.3) is 0 Å². The number of carbonyl (C=O) groups is 1. The predicted molar refractivity (Wildman–Crippen MR) is 79.2 cm³/mol. The van der Waals surface area contributed by atoms with Crippen LogP contribution in [0, 0.1) is 18.7 Å². The van der Waals surface area contributed by atoms with Crippen LogP contribution in [0.5, 0.6) is 0 Å². The molecule has 2 N–H and O–H groups in total. The summed E-state index contributed by atoms with van der Waals surface area (Å²) in [6, 6.07) is 4.83. The lowest BCUT2D eigenvalue weighted by Gasteiger charge is -2.29. The zero-order valence-corrected chi connectivity index (χ0v) is 12.2. The van der Waals surface area contributed by atoms with Crippen molar-refractivity contribution in [1.29, 1.82) is 0 Å². The van der Waals surface area contributed by atoms with Crippen LogP contribution in [0.1, 0.15) is 38.2 Å². The molecule has 1 aromatic rings. The van der Waals surface area contributed by atoms with Crippen molar-refractivity contribution in [1.82, 2.24) is 5.32 Å². The molecule has 1 aliphatic carbocycles. The molecule has 1 fully saturated rings. The third-order valence-corrected chi connectivity index (χ3v) is 4.10. The van der Waals surface area contributed by atoms with E-state index in [0.29, 0.717) is 11.6 Å². The van der Waals surface area contributed by atoms with Gasteiger partial charge in [-0.3, -0.25) is 4.79 Å². The van der Waals surface area contributed by atoms with Gasteiger partial charge in [-0.1, -0.05) is 25.8 Å². The number of anilines is 1. The van der Waals surface area contributed by atoms with Crippen molar-refractivity contribution in [2.24, 2.45) is 5.92 Å². The van der Waals surface area contributed by atoms with Gasteiger partial charge in [0.25, 0.3) is 0 Å². The molecule has 1 aliphatic rings. The molecule has 2 rings (SSSR count). The normalized spacial score (nSPS) is 22.4. The van der Waals surface area contributed by atoms with Gasteiger partial charge in [0.1, 0.15) is 5.82 Å². The van der Waals surface area contributed by atoms with Gasteiger partial charge >= 0.3 is 0 Å². The largest absolute Gasteiger partial charge is 0.376 e. The van der Waals surface area contributed by atoms with E-state index in [2.05, 4.69) is 17.6 Å². The summed E-state index contributed by atoms with van der Waals surface area (Å²) in [4.78, 5) is 12.0. The summed E-state index contributed by atoms with van der Waals surface area (Å²) in [5.74, 6) is 0.232. The van der Waals surface area contributed by atoms with Gasteiger partial charge in [-0.2, -0.15) is 0 Å². The Labute approximate surface area is 120 Å². The lowest BCUT2D eigenvalue weighted by atomic mass is 9.86. The van der Waals surface area contributed by atoms with E-state index in [1.54, 1.807) is 6.07 Å². The quantitative estimate of drug-likeness (QED) is 0.887. The van der Waals surface area contributed by atoms with Gasteiger partial charge in [0.2, 0.25) is 5.91 Å². The Hall–Kier alpha value is -1.58. The lowest BCUT2D eigenvalue weighted by molar-refractivity contribution is -0.120. The maximum Gasteiger partial charge on any atom is 0.239 e. The van der Waals surface area contributed by atoms with E-state index < -0.39 is 0 Å². The van der Waals surface area contributed by atoms with Gasteiger partial charge < -0.3 is 10.6 Å². The molecule has 0 aromatic heterocycles. The van der Waals surface area contributed by atoms with E-state index in [1.165, 1.54) is 31.4 Å². The SMILES string of the molecule is Cc1ccc(F)cc1NCC(=O)NC1CCCCC1C. The van der Waals surface area contributed by atoms with Crippen molar-refractivity contribution in [2.45, 2.75) is 45.6 Å². The second-order valence-corrected chi connectivity index (χ2v) is 5.75. The molecule has 2 unspecified atom stereocenters. The Balaban J connectivity index is 1.84. The minimum atomic E-state index is -0.292. The van der Waals surface area contributed by atoms with E-state index >= 15 is 0 Å². The number of hydrogen-bond donors (Lipinski definition) is 2. The fourth-order valence-corrected chi connectivity index (χ4v) is 2.75. The first-order valence-corrected chi connectivity index (χ1v) is 7.35. The summed E-state index contributed by atoms with van der Waals surface area (Å²) in [6.45, 7) is 4.27. The topological polar surface area (TPSA) is 41.1 Å². The third-order valence-electron chi connectivity index (χ3n) is 4.10. The van der Waals surface area contributed by atoms with Crippen molar-refractivity contribution in [3.05, 3.63) is 29.6 Å². The van der Waals surface area contributed by atoms with Crippen LogP contribution >= 0.6 is 0 Å². The highest BCUT2D eigenvalue weighted by Gasteiger charge is 2.22. The molecule has 0 spiro atoms. The average Bonchev–Trinajstić information content (AvgIpc) is 2.42. The van der Waals surface area contributed by atoms with Crippen LogP contribution in [0.4, 0.5) is 10.1 Å². The summed E-state index contributed by atoms with van der Waals surface area (Å²) in [5.41, 5.74) is 1.61. The van der Waals surface area contributed by atoms with Gasteiger partial charge in [0, 0.05) is 11.7 Å². The minimum absolute atomic E-state index is 0.0209. The number of halogens is 1. The molecule has 20 heavy (non-hydrogen) atoms. The molecule has 0 aliphatic heterocycles. The minimum Gasteiger partial charge on any atom is -0.376 e.